The number of hydrogen-bond donors (Lipinski definition) is 0. The van der Waals surface area contributed by atoms with Crippen molar-refractivity contribution in [3.05, 3.63) is 71.6 Å². The lowest BCUT2D eigenvalue weighted by Crippen LogP contribution is -2.30. The summed E-state index contributed by atoms with van der Waals surface area (Å²) in [6.45, 7) is 2.11. The first kappa shape index (κ1) is 19.3. The number of fused-ring (bicyclic) bond motifs is 1. The topological polar surface area (TPSA) is 0 Å². The van der Waals surface area contributed by atoms with E-state index in [0.29, 0.717) is 17.0 Å². The molecule has 0 heterocycles. The molecule has 0 spiro atoms. The summed E-state index contributed by atoms with van der Waals surface area (Å²) in [6, 6.07) is 10.1. The van der Waals surface area contributed by atoms with Crippen LogP contribution >= 0.6 is 0 Å². The van der Waals surface area contributed by atoms with Gasteiger partial charge in [-0.3, -0.25) is 0 Å². The Labute approximate surface area is 165 Å². The van der Waals surface area contributed by atoms with Crippen LogP contribution in [0.4, 0.5) is 13.2 Å². The minimum absolute atomic E-state index is 0.369. The van der Waals surface area contributed by atoms with Gasteiger partial charge in [0.1, 0.15) is 0 Å². The van der Waals surface area contributed by atoms with Crippen molar-refractivity contribution in [2.45, 2.75) is 51.4 Å². The molecule has 0 nitrogen and oxygen atoms in total. The predicted octanol–water partition coefficient (Wildman–Crippen LogP) is 7.65. The van der Waals surface area contributed by atoms with Crippen molar-refractivity contribution in [3.63, 3.8) is 0 Å². The van der Waals surface area contributed by atoms with E-state index in [0.717, 1.165) is 29.9 Å². The van der Waals surface area contributed by atoms with Crippen LogP contribution in [0.3, 0.4) is 0 Å². The Morgan fingerprint density at radius 3 is 2.11 bits per heavy atom. The first-order valence-corrected chi connectivity index (χ1v) is 10.4. The number of halogens is 3. The lowest BCUT2D eigenvalue weighted by molar-refractivity contribution is 0.133. The number of rotatable bonds is 3. The summed E-state index contributed by atoms with van der Waals surface area (Å²) in [7, 11) is 0. The molecule has 0 aromatic heterocycles. The molecule has 4 unspecified atom stereocenters. The molecule has 2 fully saturated rings. The Hall–Kier alpha value is -2.03. The van der Waals surface area contributed by atoms with E-state index in [-0.39, 0.29) is 0 Å². The summed E-state index contributed by atoms with van der Waals surface area (Å²) >= 11 is 0. The van der Waals surface area contributed by atoms with Gasteiger partial charge >= 0.3 is 0 Å². The minimum atomic E-state index is -1.42. The lowest BCUT2D eigenvalue weighted by Gasteiger charge is -2.41. The average molecular weight is 384 g/mol. The van der Waals surface area contributed by atoms with Crippen molar-refractivity contribution < 1.29 is 13.2 Å². The third kappa shape index (κ3) is 3.90. The molecule has 4 rings (SSSR count). The van der Waals surface area contributed by atoms with Gasteiger partial charge in [0.25, 0.3) is 0 Å². The van der Waals surface area contributed by atoms with Crippen LogP contribution in [0.1, 0.15) is 56.9 Å². The van der Waals surface area contributed by atoms with Crippen molar-refractivity contribution in [2.24, 2.45) is 17.8 Å². The smallest absolute Gasteiger partial charge is 0.194 e. The standard InChI is InChI=1S/C25H27F3/c1-2-3-16-4-5-21-13-20(11-10-19(21)12-16)17-6-8-18(9-7-17)22-14-23(26)25(28)24(27)15-22/h2-3,6-9,14-16,19-21H,4-5,10-13H2,1H3/b3-2+. The van der Waals surface area contributed by atoms with Crippen molar-refractivity contribution in [1.29, 1.82) is 0 Å². The highest BCUT2D eigenvalue weighted by Crippen LogP contribution is 2.48. The van der Waals surface area contributed by atoms with E-state index >= 15 is 0 Å². The third-order valence-electron chi connectivity index (χ3n) is 6.82. The summed E-state index contributed by atoms with van der Waals surface area (Å²) in [6.07, 6.45) is 12.3. The second-order valence-electron chi connectivity index (χ2n) is 8.50. The molecule has 3 heteroatoms. The van der Waals surface area contributed by atoms with E-state index in [1.54, 1.807) is 0 Å². The zero-order valence-corrected chi connectivity index (χ0v) is 16.3. The Kier molecular flexibility index (Phi) is 5.61. The van der Waals surface area contributed by atoms with E-state index in [4.69, 9.17) is 0 Å². The molecule has 2 saturated carbocycles. The zero-order valence-electron chi connectivity index (χ0n) is 16.3. The van der Waals surface area contributed by atoms with Gasteiger partial charge in [-0.15, -0.1) is 0 Å². The van der Waals surface area contributed by atoms with E-state index < -0.39 is 17.5 Å². The molecule has 0 saturated heterocycles. The maximum atomic E-state index is 13.5. The number of allylic oxidation sites excluding steroid dienone is 2. The van der Waals surface area contributed by atoms with Crippen LogP contribution < -0.4 is 0 Å². The van der Waals surface area contributed by atoms with E-state index in [1.165, 1.54) is 44.1 Å². The first-order chi connectivity index (χ1) is 13.5. The Bertz CT molecular complexity index is 830. The molecular weight excluding hydrogens is 357 g/mol. The Balaban J connectivity index is 1.45. The van der Waals surface area contributed by atoms with Crippen LogP contribution in [-0.4, -0.2) is 0 Å². The van der Waals surface area contributed by atoms with Crippen molar-refractivity contribution in [2.75, 3.05) is 0 Å². The van der Waals surface area contributed by atoms with E-state index in [9.17, 15) is 13.2 Å². The van der Waals surface area contributed by atoms with E-state index in [2.05, 4.69) is 31.2 Å². The lowest BCUT2D eigenvalue weighted by atomic mass is 9.64. The summed E-state index contributed by atoms with van der Waals surface area (Å²) in [5.74, 6) is -0.706. The zero-order chi connectivity index (χ0) is 19.7. The maximum absolute atomic E-state index is 13.5. The molecule has 0 N–H and O–H groups in total. The third-order valence-corrected chi connectivity index (χ3v) is 6.82. The maximum Gasteiger partial charge on any atom is 0.194 e. The predicted molar refractivity (Wildman–Crippen MR) is 107 cm³/mol. The van der Waals surface area contributed by atoms with Gasteiger partial charge in [-0.25, -0.2) is 13.2 Å². The van der Waals surface area contributed by atoms with Gasteiger partial charge in [0, 0.05) is 0 Å². The SMILES string of the molecule is C/C=C/C1CCC2CC(c3ccc(-c4cc(F)c(F)c(F)c4)cc3)CCC2C1. The molecular formula is C25H27F3. The quantitative estimate of drug-likeness (QED) is 0.377. The van der Waals surface area contributed by atoms with Gasteiger partial charge in [-0.1, -0.05) is 36.4 Å². The molecule has 2 aromatic rings. The van der Waals surface area contributed by atoms with Crippen LogP contribution in [0.25, 0.3) is 11.1 Å². The summed E-state index contributed by atoms with van der Waals surface area (Å²) in [5, 5.41) is 0. The summed E-state index contributed by atoms with van der Waals surface area (Å²) in [4.78, 5) is 0. The van der Waals surface area contributed by atoms with Crippen LogP contribution in [-0.2, 0) is 0 Å². The van der Waals surface area contributed by atoms with E-state index in [1.807, 2.05) is 12.1 Å². The molecule has 0 amide bonds. The molecule has 2 aliphatic rings. The van der Waals surface area contributed by atoms with Crippen LogP contribution in [0.5, 0.6) is 0 Å². The van der Waals surface area contributed by atoms with Crippen LogP contribution in [0, 0.1) is 35.2 Å². The Morgan fingerprint density at radius 1 is 0.786 bits per heavy atom. The molecule has 2 aliphatic carbocycles. The van der Waals surface area contributed by atoms with Gasteiger partial charge in [-0.2, -0.15) is 0 Å². The summed E-state index contributed by atoms with van der Waals surface area (Å²) in [5.41, 5.74) is 2.39. The molecule has 148 valence electrons. The average Bonchev–Trinajstić information content (AvgIpc) is 2.71. The van der Waals surface area contributed by atoms with Gasteiger partial charge in [-0.05, 0) is 97.9 Å². The van der Waals surface area contributed by atoms with Crippen molar-refractivity contribution in [3.8, 4) is 11.1 Å². The molecule has 0 bridgehead atoms. The fraction of sp³-hybridized carbons (Fsp3) is 0.440. The molecule has 28 heavy (non-hydrogen) atoms. The van der Waals surface area contributed by atoms with Crippen LogP contribution in [0.15, 0.2) is 48.6 Å². The molecule has 2 aromatic carbocycles. The largest absolute Gasteiger partial charge is 0.204 e. The van der Waals surface area contributed by atoms with Gasteiger partial charge in [0.2, 0.25) is 0 Å². The van der Waals surface area contributed by atoms with Crippen molar-refractivity contribution in [1.82, 2.24) is 0 Å². The Morgan fingerprint density at radius 2 is 1.43 bits per heavy atom. The second-order valence-corrected chi connectivity index (χ2v) is 8.50. The highest BCUT2D eigenvalue weighted by atomic mass is 19.2. The molecule has 0 aliphatic heterocycles. The fourth-order valence-electron chi connectivity index (χ4n) is 5.35. The highest BCUT2D eigenvalue weighted by molar-refractivity contribution is 5.64. The van der Waals surface area contributed by atoms with Crippen LogP contribution in [0.2, 0.25) is 0 Å². The first-order valence-electron chi connectivity index (χ1n) is 10.4. The van der Waals surface area contributed by atoms with Gasteiger partial charge in [0.05, 0.1) is 0 Å². The van der Waals surface area contributed by atoms with Crippen molar-refractivity contribution >= 4 is 0 Å². The fourth-order valence-corrected chi connectivity index (χ4v) is 5.35. The van der Waals surface area contributed by atoms with Gasteiger partial charge in [0.15, 0.2) is 17.5 Å². The number of benzene rings is 2. The van der Waals surface area contributed by atoms with Gasteiger partial charge < -0.3 is 0 Å². The normalized spacial score (nSPS) is 27.7. The summed E-state index contributed by atoms with van der Waals surface area (Å²) < 4.78 is 40.2. The minimum Gasteiger partial charge on any atom is -0.204 e. The second kappa shape index (κ2) is 8.14. The monoisotopic (exact) mass is 384 g/mol. The molecule has 0 radical (unpaired) electrons. The number of hydrogen-bond acceptors (Lipinski definition) is 0. The molecule has 4 atom stereocenters. The highest BCUT2D eigenvalue weighted by Gasteiger charge is 2.35.